The molecule has 7 heterocycles. The molecule has 0 unspecified atom stereocenters. The van der Waals surface area contributed by atoms with Crippen molar-refractivity contribution in [2.75, 3.05) is 188 Å². The van der Waals surface area contributed by atoms with E-state index in [1.54, 1.807) is 54.6 Å². The molecule has 13 aromatic rings. The van der Waals surface area contributed by atoms with Crippen LogP contribution in [0.15, 0.2) is 263 Å². The maximum Gasteiger partial charge on any atom is 0.337 e. The van der Waals surface area contributed by atoms with Crippen LogP contribution in [0, 0.1) is 37.8 Å². The van der Waals surface area contributed by atoms with Crippen LogP contribution in [0.1, 0.15) is 118 Å². The van der Waals surface area contributed by atoms with Crippen LogP contribution in [0.5, 0.6) is 0 Å². The minimum absolute atomic E-state index is 0.000525. The van der Waals surface area contributed by atoms with Gasteiger partial charge in [0.2, 0.25) is 0 Å². The molecule has 4 aliphatic heterocycles. The lowest BCUT2D eigenvalue weighted by Crippen LogP contribution is -2.47. The number of rotatable bonds is 25. The minimum Gasteiger partial charge on any atom is -0.478 e. The summed E-state index contributed by atoms with van der Waals surface area (Å²) in [7, 11) is 8.17. The molecule has 3 amide bonds. The molecule has 36 heteroatoms. The summed E-state index contributed by atoms with van der Waals surface area (Å²) >= 11 is 30.1. The van der Waals surface area contributed by atoms with Gasteiger partial charge in [-0.1, -0.05) is 168 Å². The molecule has 4 aliphatic rings. The summed E-state index contributed by atoms with van der Waals surface area (Å²) in [5, 5.41) is 47.9. The van der Waals surface area contributed by atoms with E-state index in [0.717, 1.165) is 107 Å². The van der Waals surface area contributed by atoms with Gasteiger partial charge in [0.05, 0.1) is 100 Å². The van der Waals surface area contributed by atoms with Crippen LogP contribution in [0.25, 0.3) is 0 Å². The Balaban J connectivity index is 0.000000162. The van der Waals surface area contributed by atoms with Crippen molar-refractivity contribution in [1.29, 1.82) is 0 Å². The summed E-state index contributed by atoms with van der Waals surface area (Å²) in [5.74, 6) is -4.17. The number of carboxylic acid groups (broad SMARTS) is 3. The topological polar surface area (TPSA) is 383 Å². The second kappa shape index (κ2) is 51.2. The molecule has 10 aromatic carbocycles. The number of nitro benzene ring substituents is 1. The number of para-hydroxylation sites is 4. The van der Waals surface area contributed by atoms with Crippen LogP contribution >= 0.6 is 58.0 Å². The number of nitrogens with one attached hydrogen (secondary N) is 3. The van der Waals surface area contributed by atoms with Crippen molar-refractivity contribution in [3.8, 4) is 0 Å². The van der Waals surface area contributed by atoms with Gasteiger partial charge in [-0.15, -0.1) is 0 Å². The molecule has 0 saturated carbocycles. The van der Waals surface area contributed by atoms with Crippen LogP contribution in [0.2, 0.25) is 20.1 Å². The number of amides is 3. The number of hydrogen-bond acceptors (Lipinski definition) is 24. The number of halogens is 5. The zero-order chi connectivity index (χ0) is 103. The maximum absolute atomic E-state index is 13.3. The molecule has 4 saturated heterocycles. The average Bonchev–Trinajstić information content (AvgIpc) is 1.30. The smallest absolute Gasteiger partial charge is 0.337 e. The van der Waals surface area contributed by atoms with Crippen molar-refractivity contribution in [3.63, 3.8) is 0 Å². The molecular formula is C107H115Cl5N16O15. The fourth-order valence-electron chi connectivity index (χ4n) is 17.0. The number of hydrogen-bond donors (Lipinski definition) is 8. The standard InChI is InChI=1S/C33H36ClN5O3.C23H22ClN3O4.C18H18ClN3O4.C18H20ClN3O2.C10H16N2.C5H3ClO2/c1-23-8-4-5-11-29(23)38-13-15-39(16-14-38)30-20-27(34)26(19-28(30)36-33(41)31-12-7-17-42-31)32(40)35-21-24-9-6-10-25(18-24)22-37(2)3;1-15-5-2-3-6-19(15)26-8-10-27(11-9-26)20-14-17(24)16(23(29)30)13-18(20)25-22(28)21-7-4-12-31-21;1-12-4-2-3-5-15(12)20-6-8-21(9-7-20)16-11-14(19)13(18(23)24)10-17(16)22(25)26;1-12-4-2-3-5-16(12)21-6-8-22(9-7-21)17-11-14(19)13(18(23)24)10-15(17)20;1-12(2)8-10-5-3-4-9(6-10)7-11;6-5(7)4-2-1-3-8-4/h4-12,17-20H,13-16,21-22H2,1-3H3,(H,35,40)(H,36,41);2-7,12-14H,8-11H2,1H3,(H,25,28)(H,29,30);2-5,10-11H,6-9H2,1H3,(H,23,24);2-5,10-11H,6-9,20H2,1H3,(H,23,24);3-6H,7-8,11H2,1-2H3;1-3H. The highest BCUT2D eigenvalue weighted by Gasteiger charge is 2.32. The molecular weight excluding hydrogens is 1930 g/mol. The lowest BCUT2D eigenvalue weighted by atomic mass is 10.1. The quantitative estimate of drug-likeness (QED) is 0.0114. The van der Waals surface area contributed by atoms with Crippen LogP contribution in [-0.4, -0.2) is 204 Å². The number of piperazine rings is 4. The summed E-state index contributed by atoms with van der Waals surface area (Å²) < 4.78 is 15.1. The number of carbonyl (C=O) groups excluding carboxylic acids is 4. The van der Waals surface area contributed by atoms with E-state index >= 15 is 0 Å². The number of aromatic carboxylic acids is 3. The first-order valence-electron chi connectivity index (χ1n) is 46.1. The summed E-state index contributed by atoms with van der Waals surface area (Å²) in [5.41, 5.74) is 29.7. The van der Waals surface area contributed by atoms with E-state index in [1.165, 1.54) is 99.1 Å². The second-order valence-corrected chi connectivity index (χ2v) is 36.7. The third-order valence-corrected chi connectivity index (χ3v) is 25.6. The summed E-state index contributed by atoms with van der Waals surface area (Å²) in [6, 6.07) is 71.0. The third kappa shape index (κ3) is 29.3. The van der Waals surface area contributed by atoms with Crippen LogP contribution in [0.3, 0.4) is 0 Å². The van der Waals surface area contributed by atoms with E-state index in [4.69, 9.17) is 88.5 Å². The van der Waals surface area contributed by atoms with Crippen molar-refractivity contribution < 1.29 is 67.1 Å². The number of carbonyl (C=O) groups is 7. The molecule has 4 fully saturated rings. The van der Waals surface area contributed by atoms with Gasteiger partial charge < -0.3 is 105 Å². The Kier molecular flexibility index (Phi) is 38.4. The molecule has 3 aromatic heterocycles. The molecule has 0 aliphatic carbocycles. The highest BCUT2D eigenvalue weighted by Crippen LogP contribution is 2.40. The fraction of sp³-hybridized carbons (Fsp3) is 0.262. The Hall–Kier alpha value is -14.5. The first-order valence-corrected chi connectivity index (χ1v) is 48.0. The normalized spacial score (nSPS) is 13.4. The van der Waals surface area contributed by atoms with Gasteiger partial charge in [-0.3, -0.25) is 29.3 Å². The first-order chi connectivity index (χ1) is 68.6. The van der Waals surface area contributed by atoms with Gasteiger partial charge in [0, 0.05) is 160 Å². The summed E-state index contributed by atoms with van der Waals surface area (Å²) in [4.78, 5) is 116. The Morgan fingerprint density at radius 1 is 0.364 bits per heavy atom. The van der Waals surface area contributed by atoms with Crippen molar-refractivity contribution in [2.45, 2.75) is 53.9 Å². The fourth-order valence-corrected chi connectivity index (χ4v) is 18.1. The van der Waals surface area contributed by atoms with Crippen LogP contribution in [-0.2, 0) is 26.2 Å². The van der Waals surface area contributed by atoms with Gasteiger partial charge in [0.1, 0.15) is 5.69 Å². The predicted octanol–water partition coefficient (Wildman–Crippen LogP) is 20.0. The summed E-state index contributed by atoms with van der Waals surface area (Å²) in [6.45, 7) is 23.1. The van der Waals surface area contributed by atoms with Gasteiger partial charge in [-0.25, -0.2) is 14.4 Å². The van der Waals surface area contributed by atoms with E-state index < -0.39 is 39.9 Å². The van der Waals surface area contributed by atoms with E-state index in [0.29, 0.717) is 85.8 Å². The number of furan rings is 3. The maximum atomic E-state index is 13.3. The van der Waals surface area contributed by atoms with Crippen molar-refractivity contribution in [2.24, 2.45) is 5.73 Å². The molecule has 0 spiro atoms. The Bertz CT molecular complexity index is 6580. The number of nitrogens with two attached hydrogens (primary N) is 2. The molecule has 17 rings (SSSR count). The van der Waals surface area contributed by atoms with Crippen molar-refractivity contribution in [3.05, 3.63) is 364 Å². The zero-order valence-electron chi connectivity index (χ0n) is 80.5. The Labute approximate surface area is 855 Å². The highest BCUT2D eigenvalue weighted by molar-refractivity contribution is 6.67. The number of anilines is 11. The molecule has 31 nitrogen and oxygen atoms in total. The number of nitrogen functional groups attached to an aromatic ring is 1. The van der Waals surface area contributed by atoms with Gasteiger partial charge in [-0.05, 0) is 215 Å². The zero-order valence-corrected chi connectivity index (χ0v) is 84.3. The Morgan fingerprint density at radius 2 is 0.664 bits per heavy atom. The number of nitrogens with zero attached hydrogens (tertiary/aromatic N) is 11. The van der Waals surface area contributed by atoms with Gasteiger partial charge >= 0.3 is 17.9 Å². The highest BCUT2D eigenvalue weighted by atomic mass is 35.5. The lowest BCUT2D eigenvalue weighted by Gasteiger charge is -2.38. The third-order valence-electron chi connectivity index (χ3n) is 24.2. The predicted molar refractivity (Wildman–Crippen MR) is 569 cm³/mol. The number of carboxylic acids is 3. The van der Waals surface area contributed by atoms with E-state index in [-0.39, 0.29) is 66.2 Å². The summed E-state index contributed by atoms with van der Waals surface area (Å²) in [6.07, 6.45) is 4.26. The number of benzene rings is 10. The number of nitro groups is 1. The van der Waals surface area contributed by atoms with Crippen LogP contribution in [0.4, 0.5) is 68.2 Å². The molecule has 0 atom stereocenters. The lowest BCUT2D eigenvalue weighted by molar-refractivity contribution is -0.384. The largest absolute Gasteiger partial charge is 0.478 e. The van der Waals surface area contributed by atoms with Crippen molar-refractivity contribution in [1.82, 2.24) is 15.1 Å². The monoisotopic (exact) mass is 2040 g/mol. The molecule has 10 N–H and O–H groups in total. The SMILES string of the molecule is CN(C)Cc1cccc(CN)c1.Cc1ccccc1N1CCN(c2cc(Cl)c(C(=O)NCc3cccc(CN(C)C)c3)cc2NC(=O)c2ccco2)CC1.Cc1ccccc1N1CCN(c2cc(Cl)c(C(=O)O)cc2N)CC1.Cc1ccccc1N1CCN(c2cc(Cl)c(C(=O)O)cc2NC(=O)c2ccco2)CC1.Cc1ccccc1N1CCN(c2cc(Cl)c(C(=O)O)cc2[N+](=O)[O-])CC1.O=C(Cl)c1ccco1. The minimum atomic E-state index is -1.28. The van der Waals surface area contributed by atoms with E-state index in [9.17, 15) is 48.8 Å². The van der Waals surface area contributed by atoms with Gasteiger partial charge in [0.25, 0.3) is 28.7 Å². The molecule has 0 radical (unpaired) electrons. The van der Waals surface area contributed by atoms with Gasteiger partial charge in [0.15, 0.2) is 17.3 Å². The first kappa shape index (κ1) is 107. The number of aryl methyl sites for hydroxylation is 4. The second-order valence-electron chi connectivity index (χ2n) is 34.7. The van der Waals surface area contributed by atoms with E-state index in [2.05, 4.69) is 203 Å². The van der Waals surface area contributed by atoms with Crippen LogP contribution < -0.4 is 66.6 Å². The van der Waals surface area contributed by atoms with Gasteiger partial charge in [-0.2, -0.15) is 0 Å². The molecule has 748 valence electrons. The van der Waals surface area contributed by atoms with E-state index in [1.807, 2.05) is 67.5 Å². The Morgan fingerprint density at radius 3 is 1.00 bits per heavy atom. The molecule has 143 heavy (non-hydrogen) atoms. The van der Waals surface area contributed by atoms with Crippen molar-refractivity contribution >= 4 is 167 Å². The molecule has 0 bridgehead atoms. The average molecular weight is 2040 g/mol.